The van der Waals surface area contributed by atoms with Gasteiger partial charge in [-0.05, 0) is 37.1 Å². The maximum atomic E-state index is 10.7. The highest BCUT2D eigenvalue weighted by atomic mass is 32.2. The summed E-state index contributed by atoms with van der Waals surface area (Å²) in [6, 6.07) is 2.87. The molecule has 1 unspecified atom stereocenters. The van der Waals surface area contributed by atoms with Crippen molar-refractivity contribution in [3.05, 3.63) is 23.3 Å². The molecule has 3 nitrogen and oxygen atoms in total. The summed E-state index contributed by atoms with van der Waals surface area (Å²) >= 11 is -1.97. The molecule has 1 rings (SSSR count). The molecule has 0 aliphatic heterocycles. The van der Waals surface area contributed by atoms with Crippen molar-refractivity contribution in [3.8, 4) is 5.75 Å². The van der Waals surface area contributed by atoms with E-state index in [4.69, 9.17) is 4.55 Å². The van der Waals surface area contributed by atoms with Gasteiger partial charge in [0.25, 0.3) is 0 Å². The molecule has 0 bridgehead atoms. The third kappa shape index (κ3) is 1.49. The molecule has 12 heavy (non-hydrogen) atoms. The van der Waals surface area contributed by atoms with Crippen molar-refractivity contribution in [1.82, 2.24) is 0 Å². The van der Waals surface area contributed by atoms with Crippen molar-refractivity contribution in [2.24, 2.45) is 0 Å². The minimum Gasteiger partial charge on any atom is -0.508 e. The molecule has 0 spiro atoms. The van der Waals surface area contributed by atoms with Crippen molar-refractivity contribution >= 4 is 11.1 Å². The van der Waals surface area contributed by atoms with Gasteiger partial charge in [0.1, 0.15) is 5.75 Å². The smallest absolute Gasteiger partial charge is 0.186 e. The Balaban J connectivity index is 3.36. The zero-order valence-corrected chi connectivity index (χ0v) is 7.68. The number of hydrogen-bond acceptors (Lipinski definition) is 2. The number of rotatable bonds is 1. The second-order valence-corrected chi connectivity index (χ2v) is 3.52. The fourth-order valence-electron chi connectivity index (χ4n) is 0.971. The maximum absolute atomic E-state index is 10.7. The summed E-state index contributed by atoms with van der Waals surface area (Å²) in [5.41, 5.74) is 1.31. The molecule has 0 saturated carbocycles. The van der Waals surface area contributed by atoms with E-state index in [9.17, 15) is 9.32 Å². The van der Waals surface area contributed by atoms with E-state index in [1.54, 1.807) is 13.8 Å². The Kier molecular flexibility index (Phi) is 2.49. The van der Waals surface area contributed by atoms with Crippen LogP contribution in [0.2, 0.25) is 0 Å². The Labute approximate surface area is 73.3 Å². The molecule has 0 radical (unpaired) electrons. The van der Waals surface area contributed by atoms with Gasteiger partial charge in [-0.25, -0.2) is 4.21 Å². The lowest BCUT2D eigenvalue weighted by Gasteiger charge is -2.05. The Morgan fingerprint density at radius 1 is 1.25 bits per heavy atom. The van der Waals surface area contributed by atoms with Crippen LogP contribution >= 0.6 is 0 Å². The predicted molar refractivity (Wildman–Crippen MR) is 46.6 cm³/mol. The third-order valence-electron chi connectivity index (χ3n) is 1.90. The van der Waals surface area contributed by atoms with Crippen LogP contribution in [0.3, 0.4) is 0 Å². The van der Waals surface area contributed by atoms with Crippen molar-refractivity contribution in [2.75, 3.05) is 0 Å². The lowest BCUT2D eigenvalue weighted by molar-refractivity contribution is 0.469. The number of aromatic hydroxyl groups is 1. The number of benzene rings is 1. The highest BCUT2D eigenvalue weighted by Gasteiger charge is 2.08. The molecule has 0 fully saturated rings. The average Bonchev–Trinajstić information content (AvgIpc) is 2.00. The molecule has 66 valence electrons. The van der Waals surface area contributed by atoms with Crippen molar-refractivity contribution < 1.29 is 13.9 Å². The first kappa shape index (κ1) is 9.22. The van der Waals surface area contributed by atoms with E-state index in [0.717, 1.165) is 0 Å². The molecule has 1 aromatic rings. The standard InChI is InChI=1S/C8H10O3S/c1-5-6(2)8(12(10)11)4-3-7(5)9/h3-4,9H,1-2H3,(H,10,11). The summed E-state index contributed by atoms with van der Waals surface area (Å²) in [5.74, 6) is 0.154. The van der Waals surface area contributed by atoms with Crippen LogP contribution in [-0.2, 0) is 11.1 Å². The Morgan fingerprint density at radius 3 is 2.33 bits per heavy atom. The molecule has 0 saturated heterocycles. The van der Waals surface area contributed by atoms with Crippen LogP contribution in [0.15, 0.2) is 17.0 Å². The topological polar surface area (TPSA) is 57.5 Å². The summed E-state index contributed by atoms with van der Waals surface area (Å²) in [6.45, 7) is 3.42. The third-order valence-corrected chi connectivity index (χ3v) is 2.72. The van der Waals surface area contributed by atoms with E-state index in [2.05, 4.69) is 0 Å². The normalized spacial score (nSPS) is 12.9. The zero-order valence-electron chi connectivity index (χ0n) is 6.87. The van der Waals surface area contributed by atoms with Gasteiger partial charge in [-0.3, -0.25) is 0 Å². The SMILES string of the molecule is Cc1c(O)ccc(S(=O)O)c1C. The fraction of sp³-hybridized carbons (Fsp3) is 0.250. The van der Waals surface area contributed by atoms with Gasteiger partial charge in [-0.1, -0.05) is 0 Å². The predicted octanol–water partition coefficient (Wildman–Crippen LogP) is 1.59. The van der Waals surface area contributed by atoms with E-state index in [-0.39, 0.29) is 5.75 Å². The lowest BCUT2D eigenvalue weighted by atomic mass is 10.1. The molecule has 0 aliphatic carbocycles. The second kappa shape index (κ2) is 3.25. The van der Waals surface area contributed by atoms with Crippen LogP contribution in [0.5, 0.6) is 5.75 Å². The van der Waals surface area contributed by atoms with Gasteiger partial charge in [0.15, 0.2) is 11.1 Å². The minimum absolute atomic E-state index is 0.154. The molecule has 4 heteroatoms. The quantitative estimate of drug-likeness (QED) is 0.655. The molecule has 0 aliphatic rings. The first-order chi connectivity index (χ1) is 5.54. The van der Waals surface area contributed by atoms with Gasteiger partial charge in [0, 0.05) is 0 Å². The summed E-state index contributed by atoms with van der Waals surface area (Å²) in [7, 11) is 0. The molecule has 1 atom stereocenters. The number of phenols is 1. The van der Waals surface area contributed by atoms with Crippen LogP contribution in [0, 0.1) is 13.8 Å². The first-order valence-electron chi connectivity index (χ1n) is 3.44. The molecule has 0 amide bonds. The highest BCUT2D eigenvalue weighted by Crippen LogP contribution is 2.24. The Bertz CT molecular complexity index is 333. The minimum atomic E-state index is -1.97. The number of hydrogen-bond donors (Lipinski definition) is 2. The van der Waals surface area contributed by atoms with Crippen LogP contribution < -0.4 is 0 Å². The van der Waals surface area contributed by atoms with Crippen molar-refractivity contribution in [2.45, 2.75) is 18.7 Å². The first-order valence-corrected chi connectivity index (χ1v) is 4.54. The Morgan fingerprint density at radius 2 is 1.83 bits per heavy atom. The van der Waals surface area contributed by atoms with Crippen LogP contribution in [0.4, 0.5) is 0 Å². The van der Waals surface area contributed by atoms with E-state index >= 15 is 0 Å². The Hall–Kier alpha value is -0.870. The number of phenolic OH excluding ortho intramolecular Hbond substituents is 1. The summed E-state index contributed by atoms with van der Waals surface area (Å²) in [5, 5.41) is 9.23. The van der Waals surface area contributed by atoms with E-state index < -0.39 is 11.1 Å². The van der Waals surface area contributed by atoms with Gasteiger partial charge in [-0.15, -0.1) is 0 Å². The summed E-state index contributed by atoms with van der Waals surface area (Å²) in [4.78, 5) is 0.352. The monoisotopic (exact) mass is 186 g/mol. The molecular formula is C8H10O3S. The molecule has 1 aromatic carbocycles. The maximum Gasteiger partial charge on any atom is 0.186 e. The lowest BCUT2D eigenvalue weighted by Crippen LogP contribution is -1.94. The second-order valence-electron chi connectivity index (χ2n) is 2.58. The van der Waals surface area contributed by atoms with E-state index in [0.29, 0.717) is 16.0 Å². The van der Waals surface area contributed by atoms with Gasteiger partial charge in [-0.2, -0.15) is 0 Å². The van der Waals surface area contributed by atoms with Crippen LogP contribution in [-0.4, -0.2) is 13.9 Å². The van der Waals surface area contributed by atoms with Gasteiger partial charge < -0.3 is 9.66 Å². The van der Waals surface area contributed by atoms with Gasteiger partial charge in [0.05, 0.1) is 4.90 Å². The van der Waals surface area contributed by atoms with E-state index in [1.807, 2.05) is 0 Å². The largest absolute Gasteiger partial charge is 0.508 e. The molecular weight excluding hydrogens is 176 g/mol. The summed E-state index contributed by atoms with van der Waals surface area (Å²) in [6.07, 6.45) is 0. The van der Waals surface area contributed by atoms with Crippen molar-refractivity contribution in [3.63, 3.8) is 0 Å². The van der Waals surface area contributed by atoms with Crippen LogP contribution in [0.25, 0.3) is 0 Å². The van der Waals surface area contributed by atoms with Crippen molar-refractivity contribution in [1.29, 1.82) is 0 Å². The summed E-state index contributed by atoms with van der Waals surface area (Å²) < 4.78 is 19.5. The highest BCUT2D eigenvalue weighted by molar-refractivity contribution is 7.79. The van der Waals surface area contributed by atoms with Crippen LogP contribution in [0.1, 0.15) is 11.1 Å². The van der Waals surface area contributed by atoms with Gasteiger partial charge >= 0.3 is 0 Å². The molecule has 2 N–H and O–H groups in total. The fourth-order valence-corrected chi connectivity index (χ4v) is 1.57. The molecule has 0 aromatic heterocycles. The molecule has 0 heterocycles. The average molecular weight is 186 g/mol. The van der Waals surface area contributed by atoms with E-state index in [1.165, 1.54) is 12.1 Å². The van der Waals surface area contributed by atoms with Gasteiger partial charge in [0.2, 0.25) is 0 Å². The zero-order chi connectivity index (χ0) is 9.30.